The third-order valence-corrected chi connectivity index (χ3v) is 3.77. The van der Waals surface area contributed by atoms with Crippen LogP contribution in [-0.4, -0.2) is 13.2 Å². The van der Waals surface area contributed by atoms with E-state index in [1.54, 1.807) is 12.1 Å². The molecular weight excluding hydrogens is 267 g/mol. The molecule has 0 bridgehead atoms. The molecule has 0 aromatic heterocycles. The van der Waals surface area contributed by atoms with Gasteiger partial charge in [-0.15, -0.1) is 0 Å². The molecule has 0 N–H and O–H groups in total. The quantitative estimate of drug-likeness (QED) is 0.825. The summed E-state index contributed by atoms with van der Waals surface area (Å²) in [6.07, 6.45) is 1.81. The third kappa shape index (κ3) is 2.73. The van der Waals surface area contributed by atoms with E-state index >= 15 is 0 Å². The summed E-state index contributed by atoms with van der Waals surface area (Å²) in [6, 6.07) is 9.03. The summed E-state index contributed by atoms with van der Waals surface area (Å²) < 4.78 is 25.2. The van der Waals surface area contributed by atoms with E-state index in [0.29, 0.717) is 13.2 Å². The molecule has 0 radical (unpaired) electrons. The summed E-state index contributed by atoms with van der Waals surface area (Å²) in [5.41, 5.74) is 3.86. The Bertz CT molecular complexity index is 665. The monoisotopic (exact) mass is 286 g/mol. The van der Waals surface area contributed by atoms with Gasteiger partial charge in [0.25, 0.3) is 0 Å². The van der Waals surface area contributed by atoms with Crippen molar-refractivity contribution in [2.45, 2.75) is 26.7 Å². The van der Waals surface area contributed by atoms with Crippen molar-refractivity contribution in [2.24, 2.45) is 0 Å². The lowest BCUT2D eigenvalue weighted by Gasteiger charge is -2.21. The highest BCUT2D eigenvalue weighted by Crippen LogP contribution is 2.39. The molecule has 3 rings (SSSR count). The van der Waals surface area contributed by atoms with Gasteiger partial charge in [0.15, 0.2) is 0 Å². The maximum absolute atomic E-state index is 13.9. The first kappa shape index (κ1) is 13.9. The molecule has 1 aliphatic rings. The Kier molecular flexibility index (Phi) is 3.82. The number of hydrogen-bond acceptors (Lipinski definition) is 2. The molecule has 3 heteroatoms. The van der Waals surface area contributed by atoms with Gasteiger partial charge in [-0.1, -0.05) is 6.07 Å². The predicted octanol–water partition coefficient (Wildman–Crippen LogP) is 4.52. The number of hydrogen-bond donors (Lipinski definition) is 0. The van der Waals surface area contributed by atoms with Crippen molar-refractivity contribution in [1.82, 2.24) is 0 Å². The minimum atomic E-state index is -0.206. The highest BCUT2D eigenvalue weighted by atomic mass is 19.1. The molecular formula is C18H19FO2. The van der Waals surface area contributed by atoms with E-state index in [4.69, 9.17) is 9.47 Å². The number of aryl methyl sites for hydroxylation is 2. The van der Waals surface area contributed by atoms with Crippen LogP contribution in [-0.2, 0) is 6.42 Å². The largest absolute Gasteiger partial charge is 0.494 e. The van der Waals surface area contributed by atoms with Crippen molar-refractivity contribution < 1.29 is 13.9 Å². The maximum atomic E-state index is 13.9. The molecule has 0 atom stereocenters. The Hall–Kier alpha value is -2.03. The molecule has 2 nitrogen and oxygen atoms in total. The minimum Gasteiger partial charge on any atom is -0.494 e. The van der Waals surface area contributed by atoms with Gasteiger partial charge in [0.2, 0.25) is 0 Å². The molecule has 21 heavy (non-hydrogen) atoms. The highest BCUT2D eigenvalue weighted by molar-refractivity contribution is 5.75. The molecule has 0 amide bonds. The van der Waals surface area contributed by atoms with E-state index in [1.807, 2.05) is 32.0 Å². The molecule has 110 valence electrons. The summed E-state index contributed by atoms with van der Waals surface area (Å²) in [5.74, 6) is 1.46. The number of ether oxygens (including phenoxy) is 2. The second-order valence-corrected chi connectivity index (χ2v) is 5.30. The molecule has 2 aromatic rings. The van der Waals surface area contributed by atoms with E-state index < -0.39 is 0 Å². The van der Waals surface area contributed by atoms with Gasteiger partial charge in [0, 0.05) is 5.56 Å². The molecule has 0 saturated heterocycles. The number of benzene rings is 2. The van der Waals surface area contributed by atoms with Gasteiger partial charge < -0.3 is 9.47 Å². The van der Waals surface area contributed by atoms with Crippen molar-refractivity contribution in [3.8, 4) is 22.6 Å². The van der Waals surface area contributed by atoms with E-state index in [1.165, 1.54) is 0 Å². The van der Waals surface area contributed by atoms with Gasteiger partial charge in [-0.3, -0.25) is 0 Å². The van der Waals surface area contributed by atoms with E-state index in [9.17, 15) is 4.39 Å². The lowest BCUT2D eigenvalue weighted by atomic mass is 9.94. The van der Waals surface area contributed by atoms with Crippen LogP contribution < -0.4 is 9.47 Å². The number of halogens is 1. The standard InChI is InChI=1S/C18H19FO2/c1-3-20-15-6-7-16(12(2)9-15)17-11-14(19)10-13-5-4-8-21-18(13)17/h6-7,9-11H,3-5,8H2,1-2H3. The Morgan fingerprint density at radius 1 is 1.19 bits per heavy atom. The molecule has 0 unspecified atom stereocenters. The van der Waals surface area contributed by atoms with E-state index in [-0.39, 0.29) is 5.82 Å². The predicted molar refractivity (Wildman–Crippen MR) is 81.6 cm³/mol. The van der Waals surface area contributed by atoms with Crippen LogP contribution in [0.15, 0.2) is 30.3 Å². The van der Waals surface area contributed by atoms with Gasteiger partial charge in [-0.2, -0.15) is 0 Å². The van der Waals surface area contributed by atoms with Crippen molar-refractivity contribution in [1.29, 1.82) is 0 Å². The Morgan fingerprint density at radius 2 is 2.05 bits per heavy atom. The van der Waals surface area contributed by atoms with Gasteiger partial charge >= 0.3 is 0 Å². The molecule has 0 fully saturated rings. The average Bonchev–Trinajstić information content (AvgIpc) is 2.47. The van der Waals surface area contributed by atoms with E-state index in [2.05, 4.69) is 0 Å². The van der Waals surface area contributed by atoms with Crippen molar-refractivity contribution in [3.05, 3.63) is 47.3 Å². The minimum absolute atomic E-state index is 0.206. The van der Waals surface area contributed by atoms with Crippen LogP contribution in [0.5, 0.6) is 11.5 Å². The summed E-state index contributed by atoms with van der Waals surface area (Å²) in [7, 11) is 0. The Balaban J connectivity index is 2.10. The zero-order valence-corrected chi connectivity index (χ0v) is 12.4. The summed E-state index contributed by atoms with van der Waals surface area (Å²) in [5, 5.41) is 0. The highest BCUT2D eigenvalue weighted by Gasteiger charge is 2.18. The fourth-order valence-corrected chi connectivity index (χ4v) is 2.84. The second-order valence-electron chi connectivity index (χ2n) is 5.30. The lowest BCUT2D eigenvalue weighted by molar-refractivity contribution is 0.289. The molecule has 1 heterocycles. The maximum Gasteiger partial charge on any atom is 0.130 e. The first-order chi connectivity index (χ1) is 10.2. The van der Waals surface area contributed by atoms with Crippen molar-refractivity contribution >= 4 is 0 Å². The van der Waals surface area contributed by atoms with Gasteiger partial charge in [0.1, 0.15) is 17.3 Å². The Labute approximate surface area is 124 Å². The summed E-state index contributed by atoms with van der Waals surface area (Å²) in [6.45, 7) is 5.30. The van der Waals surface area contributed by atoms with Crippen LogP contribution in [0, 0.1) is 12.7 Å². The molecule has 1 aliphatic heterocycles. The topological polar surface area (TPSA) is 18.5 Å². The van der Waals surface area contributed by atoms with Crippen LogP contribution >= 0.6 is 0 Å². The fourth-order valence-electron chi connectivity index (χ4n) is 2.84. The zero-order valence-electron chi connectivity index (χ0n) is 12.4. The fraction of sp³-hybridized carbons (Fsp3) is 0.333. The number of rotatable bonds is 3. The summed E-state index contributed by atoms with van der Waals surface area (Å²) >= 11 is 0. The first-order valence-electron chi connectivity index (χ1n) is 7.38. The SMILES string of the molecule is CCOc1ccc(-c2cc(F)cc3c2OCCC3)c(C)c1. The van der Waals surface area contributed by atoms with Crippen LogP contribution in [0.4, 0.5) is 4.39 Å². The lowest BCUT2D eigenvalue weighted by Crippen LogP contribution is -2.10. The van der Waals surface area contributed by atoms with Crippen LogP contribution in [0.3, 0.4) is 0 Å². The number of fused-ring (bicyclic) bond motifs is 1. The van der Waals surface area contributed by atoms with E-state index in [0.717, 1.165) is 46.6 Å². The van der Waals surface area contributed by atoms with Crippen LogP contribution in [0.1, 0.15) is 24.5 Å². The smallest absolute Gasteiger partial charge is 0.130 e. The second kappa shape index (κ2) is 5.76. The van der Waals surface area contributed by atoms with Gasteiger partial charge in [-0.25, -0.2) is 4.39 Å². The first-order valence-corrected chi connectivity index (χ1v) is 7.38. The molecule has 0 saturated carbocycles. The third-order valence-electron chi connectivity index (χ3n) is 3.77. The van der Waals surface area contributed by atoms with Crippen molar-refractivity contribution in [2.75, 3.05) is 13.2 Å². The van der Waals surface area contributed by atoms with Crippen LogP contribution in [0.2, 0.25) is 0 Å². The normalized spacial score (nSPS) is 13.5. The molecule has 0 spiro atoms. The molecule has 0 aliphatic carbocycles. The van der Waals surface area contributed by atoms with Crippen molar-refractivity contribution in [3.63, 3.8) is 0 Å². The Morgan fingerprint density at radius 3 is 2.81 bits per heavy atom. The van der Waals surface area contributed by atoms with Crippen LogP contribution in [0.25, 0.3) is 11.1 Å². The van der Waals surface area contributed by atoms with Gasteiger partial charge in [0.05, 0.1) is 13.2 Å². The zero-order chi connectivity index (χ0) is 14.8. The summed E-state index contributed by atoms with van der Waals surface area (Å²) in [4.78, 5) is 0. The molecule has 2 aromatic carbocycles. The average molecular weight is 286 g/mol. The van der Waals surface area contributed by atoms with Gasteiger partial charge in [-0.05, 0) is 67.6 Å².